The summed E-state index contributed by atoms with van der Waals surface area (Å²) in [6, 6.07) is 0. The highest BCUT2D eigenvalue weighted by molar-refractivity contribution is 8.14. The normalized spacial score (nSPS) is 38.9. The highest BCUT2D eigenvalue weighted by atomic mass is 32.2. The smallest absolute Gasteiger partial charge is 0.306 e. The van der Waals surface area contributed by atoms with E-state index >= 15 is 0 Å². The molecule has 3 fully saturated rings. The maximum absolute atomic E-state index is 13.2. The molecule has 0 aliphatic heterocycles. The third-order valence-corrected chi connectivity index (χ3v) is 11.1. The van der Waals surface area contributed by atoms with Crippen molar-refractivity contribution in [3.8, 4) is 0 Å². The fraction of sp³-hybridized carbons (Fsp3) is 0.786. The molecule has 4 rings (SSSR count). The molecule has 6 heteroatoms. The lowest BCUT2D eigenvalue weighted by Gasteiger charge is -2.59. The third kappa shape index (κ3) is 4.44. The van der Waals surface area contributed by atoms with Crippen LogP contribution < -0.4 is 0 Å². The van der Waals surface area contributed by atoms with Crippen LogP contribution in [0.25, 0.3) is 0 Å². The van der Waals surface area contributed by atoms with Gasteiger partial charge >= 0.3 is 5.97 Å². The fourth-order valence-corrected chi connectivity index (χ4v) is 9.34. The van der Waals surface area contributed by atoms with Crippen LogP contribution in [-0.2, 0) is 23.9 Å². The van der Waals surface area contributed by atoms with Crippen molar-refractivity contribution >= 4 is 34.4 Å². The molecule has 0 aromatic heterocycles. The summed E-state index contributed by atoms with van der Waals surface area (Å²) in [5.41, 5.74) is 1.06. The molecule has 1 unspecified atom stereocenters. The molecule has 0 heterocycles. The zero-order valence-electron chi connectivity index (χ0n) is 21.2. The predicted octanol–water partition coefficient (Wildman–Crippen LogP) is 5.70. The molecule has 188 valence electrons. The number of Topliss-reactive ketones (excluding diaryl/α,β-unsaturated/α-hetero) is 1. The van der Waals surface area contributed by atoms with E-state index in [2.05, 4.69) is 13.8 Å². The maximum atomic E-state index is 13.2. The number of unbranched alkanes of at least 4 members (excludes halogenated alkanes) is 1. The molecule has 4 aliphatic carbocycles. The Balaban J connectivity index is 1.51. The Labute approximate surface area is 208 Å². The number of carbonyl (C=O) groups excluding carboxylic acids is 4. The number of esters is 1. The molecule has 0 aromatic rings. The Bertz CT molecular complexity index is 893. The number of ketones is 2. The number of ether oxygens (including phenoxy) is 1. The Morgan fingerprint density at radius 3 is 2.59 bits per heavy atom. The van der Waals surface area contributed by atoms with Gasteiger partial charge in [0.1, 0.15) is 6.61 Å². The van der Waals surface area contributed by atoms with E-state index in [9.17, 15) is 19.2 Å². The highest BCUT2D eigenvalue weighted by Crippen LogP contribution is 2.67. The van der Waals surface area contributed by atoms with Gasteiger partial charge in [-0.1, -0.05) is 44.5 Å². The summed E-state index contributed by atoms with van der Waals surface area (Å²) in [6.45, 7) is 8.15. The Morgan fingerprint density at radius 1 is 1.12 bits per heavy atom. The van der Waals surface area contributed by atoms with Crippen LogP contribution in [0.15, 0.2) is 11.6 Å². The third-order valence-electron chi connectivity index (χ3n) is 9.84. The second kappa shape index (κ2) is 9.91. The van der Waals surface area contributed by atoms with Crippen molar-refractivity contribution < 1.29 is 23.9 Å². The summed E-state index contributed by atoms with van der Waals surface area (Å²) < 4.78 is 5.33. The molecule has 3 saturated carbocycles. The SMILES string of the molecule is CCCCC(=O)OCC(=O)[C@H]1CC[C@H]2[C@@H]3CCC4=CC(=O)CC(SC(C)=O)[C@]4(C)[C@H]3CC[C@]12C. The van der Waals surface area contributed by atoms with E-state index in [0.717, 1.165) is 51.4 Å². The molecule has 0 radical (unpaired) electrons. The summed E-state index contributed by atoms with van der Waals surface area (Å²) >= 11 is 1.36. The Morgan fingerprint density at radius 2 is 1.88 bits per heavy atom. The number of rotatable bonds is 7. The van der Waals surface area contributed by atoms with Crippen LogP contribution in [0.1, 0.15) is 91.9 Å². The number of fused-ring (bicyclic) bond motifs is 5. The van der Waals surface area contributed by atoms with Gasteiger partial charge in [0.2, 0.25) is 0 Å². The van der Waals surface area contributed by atoms with E-state index in [-0.39, 0.29) is 51.3 Å². The van der Waals surface area contributed by atoms with Crippen molar-refractivity contribution in [3.05, 3.63) is 11.6 Å². The van der Waals surface area contributed by atoms with Crippen LogP contribution in [0.4, 0.5) is 0 Å². The Kier molecular flexibility index (Phi) is 7.48. The molecular formula is C28H40O5S. The van der Waals surface area contributed by atoms with E-state index < -0.39 is 0 Å². The number of allylic oxidation sites excluding steroid dienone is 1. The quantitative estimate of drug-likeness (QED) is 0.428. The zero-order valence-corrected chi connectivity index (χ0v) is 22.0. The van der Waals surface area contributed by atoms with Crippen molar-refractivity contribution in [1.29, 1.82) is 0 Å². The standard InChI is InChI=1S/C28H40O5S/c1-5-6-7-26(32)33-16-24(31)23-11-10-21-20-9-8-18-14-19(30)15-25(34-17(2)29)28(18,4)22(20)12-13-27(21,23)3/h14,20-23,25H,5-13,15-16H2,1-4H3/t20-,21-,22-,23+,25?,27-,28-/m0/s1. The molecule has 0 spiro atoms. The number of hydrogen-bond acceptors (Lipinski definition) is 6. The zero-order chi connectivity index (χ0) is 24.7. The van der Waals surface area contributed by atoms with Crippen molar-refractivity contribution in [1.82, 2.24) is 0 Å². The summed E-state index contributed by atoms with van der Waals surface area (Å²) in [4.78, 5) is 49.7. The first kappa shape index (κ1) is 25.7. The highest BCUT2D eigenvalue weighted by Gasteiger charge is 2.62. The topological polar surface area (TPSA) is 77.5 Å². The van der Waals surface area contributed by atoms with Gasteiger partial charge in [-0.25, -0.2) is 0 Å². The molecule has 5 nitrogen and oxygen atoms in total. The minimum absolute atomic E-state index is 0.0102. The maximum Gasteiger partial charge on any atom is 0.306 e. The van der Waals surface area contributed by atoms with Crippen LogP contribution in [0, 0.1) is 34.5 Å². The van der Waals surface area contributed by atoms with E-state index in [1.54, 1.807) is 6.92 Å². The first-order chi connectivity index (χ1) is 16.1. The van der Waals surface area contributed by atoms with Gasteiger partial charge in [-0.15, -0.1) is 0 Å². The van der Waals surface area contributed by atoms with Crippen molar-refractivity contribution in [2.24, 2.45) is 34.5 Å². The van der Waals surface area contributed by atoms with Gasteiger partial charge < -0.3 is 4.74 Å². The van der Waals surface area contributed by atoms with Gasteiger partial charge in [0, 0.05) is 36.3 Å². The monoisotopic (exact) mass is 488 g/mol. The molecule has 0 N–H and O–H groups in total. The van der Waals surface area contributed by atoms with Crippen LogP contribution in [0.5, 0.6) is 0 Å². The largest absolute Gasteiger partial charge is 0.458 e. The number of thioether (sulfide) groups is 1. The minimum atomic E-state index is -0.265. The predicted molar refractivity (Wildman–Crippen MR) is 133 cm³/mol. The second-order valence-electron chi connectivity index (χ2n) is 11.5. The van der Waals surface area contributed by atoms with E-state index in [4.69, 9.17) is 4.74 Å². The average Bonchev–Trinajstić information content (AvgIpc) is 3.14. The molecule has 0 amide bonds. The van der Waals surface area contributed by atoms with Gasteiger partial charge in [0.25, 0.3) is 0 Å². The lowest BCUT2D eigenvalue weighted by atomic mass is 9.46. The summed E-state index contributed by atoms with van der Waals surface area (Å²) in [7, 11) is 0. The molecule has 34 heavy (non-hydrogen) atoms. The van der Waals surface area contributed by atoms with Crippen molar-refractivity contribution in [3.63, 3.8) is 0 Å². The second-order valence-corrected chi connectivity index (χ2v) is 12.9. The Hall–Kier alpha value is -1.43. The van der Waals surface area contributed by atoms with Crippen LogP contribution in [-0.4, -0.2) is 34.5 Å². The van der Waals surface area contributed by atoms with Crippen LogP contribution in [0.3, 0.4) is 0 Å². The first-order valence-electron chi connectivity index (χ1n) is 13.2. The lowest BCUT2D eigenvalue weighted by molar-refractivity contribution is -0.151. The van der Waals surface area contributed by atoms with Gasteiger partial charge in [-0.05, 0) is 74.2 Å². The van der Waals surface area contributed by atoms with Crippen LogP contribution in [0.2, 0.25) is 0 Å². The van der Waals surface area contributed by atoms with Gasteiger partial charge in [-0.3, -0.25) is 19.2 Å². The summed E-state index contributed by atoms with van der Waals surface area (Å²) in [5, 5.41) is 0.0964. The molecule has 0 saturated heterocycles. The minimum Gasteiger partial charge on any atom is -0.458 e. The number of hydrogen-bond donors (Lipinski definition) is 0. The molecule has 0 aromatic carbocycles. The molecule has 0 bridgehead atoms. The number of carbonyl (C=O) groups is 4. The van der Waals surface area contributed by atoms with Crippen molar-refractivity contribution in [2.75, 3.05) is 6.61 Å². The van der Waals surface area contributed by atoms with Gasteiger partial charge in [0.05, 0.1) is 0 Å². The first-order valence-corrected chi connectivity index (χ1v) is 14.1. The van der Waals surface area contributed by atoms with E-state index in [1.165, 1.54) is 17.3 Å². The van der Waals surface area contributed by atoms with Crippen molar-refractivity contribution in [2.45, 2.75) is 97.2 Å². The average molecular weight is 489 g/mol. The molecule has 4 aliphatic rings. The summed E-state index contributed by atoms with van der Waals surface area (Å²) in [5.74, 6) is 1.35. The molecule has 7 atom stereocenters. The van der Waals surface area contributed by atoms with Gasteiger partial charge in [-0.2, -0.15) is 0 Å². The van der Waals surface area contributed by atoms with E-state index in [0.29, 0.717) is 30.6 Å². The van der Waals surface area contributed by atoms with Gasteiger partial charge in [0.15, 0.2) is 16.7 Å². The van der Waals surface area contributed by atoms with E-state index in [1.807, 2.05) is 13.0 Å². The van der Waals surface area contributed by atoms with Crippen LogP contribution >= 0.6 is 11.8 Å². The molecular weight excluding hydrogens is 448 g/mol. The summed E-state index contributed by atoms with van der Waals surface area (Å²) in [6.07, 6.45) is 10.3. The fourth-order valence-electron chi connectivity index (χ4n) is 8.12. The lowest BCUT2D eigenvalue weighted by Crippen LogP contribution is -2.55.